The Bertz CT molecular complexity index is 538. The van der Waals surface area contributed by atoms with Crippen molar-refractivity contribution in [3.8, 4) is 17.6 Å². The van der Waals surface area contributed by atoms with Crippen molar-refractivity contribution in [3.63, 3.8) is 0 Å². The number of rotatable bonds is 5. The van der Waals surface area contributed by atoms with Gasteiger partial charge in [-0.05, 0) is 33.6 Å². The average Bonchev–Trinajstić information content (AvgIpc) is 2.38. The minimum Gasteiger partial charge on any atom is -0.493 e. The molecule has 1 amide bonds. The van der Waals surface area contributed by atoms with Crippen LogP contribution in [0.5, 0.6) is 11.5 Å². The molecule has 0 aliphatic rings. The van der Waals surface area contributed by atoms with Crippen LogP contribution >= 0.6 is 15.9 Å². The lowest BCUT2D eigenvalue weighted by Crippen LogP contribution is -2.16. The van der Waals surface area contributed by atoms with Crippen molar-refractivity contribution in [2.24, 2.45) is 5.10 Å². The molecule has 7 heteroatoms. The first kappa shape index (κ1) is 15.0. The van der Waals surface area contributed by atoms with Crippen molar-refractivity contribution in [2.75, 3.05) is 14.2 Å². The van der Waals surface area contributed by atoms with Gasteiger partial charge in [0.2, 0.25) is 0 Å². The number of methoxy groups -OCH3 is 2. The second kappa shape index (κ2) is 7.38. The maximum Gasteiger partial charge on any atom is 0.254 e. The summed E-state index contributed by atoms with van der Waals surface area (Å²) in [5.74, 6) is 0.660. The van der Waals surface area contributed by atoms with Gasteiger partial charge in [0, 0.05) is 0 Å². The Balaban J connectivity index is 2.85. The lowest BCUT2D eigenvalue weighted by molar-refractivity contribution is -0.120. The smallest absolute Gasteiger partial charge is 0.254 e. The Morgan fingerprint density at radius 2 is 2.26 bits per heavy atom. The number of benzene rings is 1. The molecule has 0 bridgehead atoms. The van der Waals surface area contributed by atoms with Gasteiger partial charge in [-0.2, -0.15) is 10.4 Å². The van der Waals surface area contributed by atoms with Crippen LogP contribution in [0.4, 0.5) is 0 Å². The van der Waals surface area contributed by atoms with Crippen LogP contribution in [-0.4, -0.2) is 26.3 Å². The molecule has 1 rings (SSSR count). The quantitative estimate of drug-likeness (QED) is 0.661. The molecule has 19 heavy (non-hydrogen) atoms. The molecule has 0 fully saturated rings. The molecule has 0 aliphatic carbocycles. The number of carbonyl (C=O) groups is 1. The van der Waals surface area contributed by atoms with Crippen LogP contribution in [0.15, 0.2) is 21.7 Å². The second-order valence-electron chi connectivity index (χ2n) is 3.37. The molecule has 1 aromatic rings. The van der Waals surface area contributed by atoms with Crippen LogP contribution in [0, 0.1) is 11.3 Å². The molecule has 100 valence electrons. The predicted molar refractivity (Wildman–Crippen MR) is 73.2 cm³/mol. The first-order valence-electron chi connectivity index (χ1n) is 5.22. The van der Waals surface area contributed by atoms with Gasteiger partial charge in [-0.1, -0.05) is 0 Å². The van der Waals surface area contributed by atoms with E-state index in [0.29, 0.717) is 21.5 Å². The third-order valence-electron chi connectivity index (χ3n) is 2.10. The molecule has 0 saturated heterocycles. The summed E-state index contributed by atoms with van der Waals surface area (Å²) >= 11 is 3.35. The molecule has 6 nitrogen and oxygen atoms in total. The summed E-state index contributed by atoms with van der Waals surface area (Å²) in [5, 5.41) is 12.1. The van der Waals surface area contributed by atoms with Gasteiger partial charge < -0.3 is 9.47 Å². The van der Waals surface area contributed by atoms with E-state index in [1.54, 1.807) is 25.3 Å². The number of ether oxygens (including phenoxy) is 2. The summed E-state index contributed by atoms with van der Waals surface area (Å²) in [6.07, 6.45) is 1.22. The van der Waals surface area contributed by atoms with Gasteiger partial charge >= 0.3 is 0 Å². The van der Waals surface area contributed by atoms with Crippen LogP contribution in [0.1, 0.15) is 12.0 Å². The van der Waals surface area contributed by atoms with Crippen LogP contribution < -0.4 is 14.9 Å². The first-order valence-corrected chi connectivity index (χ1v) is 6.02. The van der Waals surface area contributed by atoms with Gasteiger partial charge in [0.05, 0.1) is 31.0 Å². The van der Waals surface area contributed by atoms with Crippen molar-refractivity contribution in [3.05, 3.63) is 22.2 Å². The maximum atomic E-state index is 11.0. The van der Waals surface area contributed by atoms with Crippen LogP contribution in [0.2, 0.25) is 0 Å². The number of nitriles is 1. The molecule has 0 spiro atoms. The van der Waals surface area contributed by atoms with Crippen molar-refractivity contribution < 1.29 is 14.3 Å². The van der Waals surface area contributed by atoms with Crippen LogP contribution in [-0.2, 0) is 4.79 Å². The highest BCUT2D eigenvalue weighted by Crippen LogP contribution is 2.35. The zero-order valence-electron chi connectivity index (χ0n) is 10.4. The van der Waals surface area contributed by atoms with Crippen LogP contribution in [0.25, 0.3) is 0 Å². The Hall–Kier alpha value is -2.07. The predicted octanol–water partition coefficient (Wildman–Crippen LogP) is 1.83. The topological polar surface area (TPSA) is 83.7 Å². The molecular formula is C12H12BrN3O3. The highest BCUT2D eigenvalue weighted by molar-refractivity contribution is 9.10. The van der Waals surface area contributed by atoms with E-state index in [2.05, 4.69) is 26.5 Å². The highest BCUT2D eigenvalue weighted by atomic mass is 79.9. The molecule has 1 N–H and O–H groups in total. The SMILES string of the molecule is COc1cc(/C=N\NC(=O)CC#N)cc(Br)c1OC. The zero-order chi connectivity index (χ0) is 14.3. The normalized spacial score (nSPS) is 10.0. The van der Waals surface area contributed by atoms with E-state index in [-0.39, 0.29) is 6.42 Å². The summed E-state index contributed by atoms with van der Waals surface area (Å²) in [5.41, 5.74) is 2.95. The Morgan fingerprint density at radius 3 is 2.84 bits per heavy atom. The van der Waals surface area contributed by atoms with E-state index < -0.39 is 5.91 Å². The molecule has 0 aromatic heterocycles. The largest absolute Gasteiger partial charge is 0.493 e. The third-order valence-corrected chi connectivity index (χ3v) is 2.69. The summed E-state index contributed by atoms with van der Waals surface area (Å²) < 4.78 is 11.1. The summed E-state index contributed by atoms with van der Waals surface area (Å²) in [6.45, 7) is 0. The van der Waals surface area contributed by atoms with Gasteiger partial charge in [0.15, 0.2) is 11.5 Å². The first-order chi connectivity index (χ1) is 9.12. The number of nitrogens with zero attached hydrogens (tertiary/aromatic N) is 2. The van der Waals surface area contributed by atoms with Gasteiger partial charge in [0.25, 0.3) is 5.91 Å². The number of hydrazone groups is 1. The number of hydrogen-bond acceptors (Lipinski definition) is 5. The van der Waals surface area contributed by atoms with E-state index >= 15 is 0 Å². The van der Waals surface area contributed by atoms with E-state index in [9.17, 15) is 4.79 Å². The molecule has 1 aromatic carbocycles. The second-order valence-corrected chi connectivity index (χ2v) is 4.22. The van der Waals surface area contributed by atoms with E-state index in [1.807, 2.05) is 0 Å². The summed E-state index contributed by atoms with van der Waals surface area (Å²) in [4.78, 5) is 11.0. The lowest BCUT2D eigenvalue weighted by Gasteiger charge is -2.10. The standard InChI is InChI=1S/C12H12BrN3O3/c1-18-10-6-8(5-9(13)12(10)19-2)7-15-16-11(17)3-4-14/h5-7H,3H2,1-2H3,(H,16,17)/b15-7-. The lowest BCUT2D eigenvalue weighted by atomic mass is 10.2. The van der Waals surface area contributed by atoms with Crippen molar-refractivity contribution >= 4 is 28.1 Å². The Kier molecular flexibility index (Phi) is 5.82. The van der Waals surface area contributed by atoms with Gasteiger partial charge in [-0.25, -0.2) is 5.43 Å². The van der Waals surface area contributed by atoms with E-state index in [4.69, 9.17) is 14.7 Å². The Labute approximate surface area is 119 Å². The van der Waals surface area contributed by atoms with Gasteiger partial charge in [-0.15, -0.1) is 0 Å². The number of halogens is 1. The number of nitrogens with one attached hydrogen (secondary N) is 1. The van der Waals surface area contributed by atoms with E-state index in [0.717, 1.165) is 0 Å². The monoisotopic (exact) mass is 325 g/mol. The molecular weight excluding hydrogens is 314 g/mol. The fraction of sp³-hybridized carbons (Fsp3) is 0.250. The molecule has 0 saturated carbocycles. The number of carbonyl (C=O) groups excluding carboxylic acids is 1. The van der Waals surface area contributed by atoms with Gasteiger partial charge in [0.1, 0.15) is 6.42 Å². The summed E-state index contributed by atoms with van der Waals surface area (Å²) in [7, 11) is 3.07. The minimum atomic E-state index is -0.460. The van der Waals surface area contributed by atoms with Crippen molar-refractivity contribution in [1.29, 1.82) is 5.26 Å². The van der Waals surface area contributed by atoms with Crippen molar-refractivity contribution in [1.82, 2.24) is 5.43 Å². The van der Waals surface area contributed by atoms with Crippen molar-refractivity contribution in [2.45, 2.75) is 6.42 Å². The molecule has 0 unspecified atom stereocenters. The minimum absolute atomic E-state index is 0.229. The highest BCUT2D eigenvalue weighted by Gasteiger charge is 2.09. The average molecular weight is 326 g/mol. The maximum absolute atomic E-state index is 11.0. The molecule has 0 aliphatic heterocycles. The molecule has 0 radical (unpaired) electrons. The van der Waals surface area contributed by atoms with Crippen LogP contribution in [0.3, 0.4) is 0 Å². The summed E-state index contributed by atoms with van der Waals surface area (Å²) in [6, 6.07) is 5.21. The third kappa shape index (κ3) is 4.26. The zero-order valence-corrected chi connectivity index (χ0v) is 12.0. The molecule has 0 atom stereocenters. The molecule has 0 heterocycles. The van der Waals surface area contributed by atoms with E-state index in [1.165, 1.54) is 13.3 Å². The van der Waals surface area contributed by atoms with Gasteiger partial charge in [-0.3, -0.25) is 4.79 Å². The fourth-order valence-corrected chi connectivity index (χ4v) is 1.92. The number of amides is 1. The number of hydrogen-bond donors (Lipinski definition) is 1. The Morgan fingerprint density at radius 1 is 1.53 bits per heavy atom. The fourth-order valence-electron chi connectivity index (χ4n) is 1.30.